The van der Waals surface area contributed by atoms with Gasteiger partial charge in [-0.3, -0.25) is 0 Å². The van der Waals surface area contributed by atoms with Crippen molar-refractivity contribution in [1.82, 2.24) is 0 Å². The standard InChI is InChI=1S/C8H16O2/c1-6(7(2)9)5-8(3,4)10/h5,7,9-10H,1-4H3. The van der Waals surface area contributed by atoms with Crippen LogP contribution in [0.3, 0.4) is 0 Å². The van der Waals surface area contributed by atoms with Crippen molar-refractivity contribution in [3.05, 3.63) is 11.6 Å². The van der Waals surface area contributed by atoms with Gasteiger partial charge in [0.2, 0.25) is 0 Å². The van der Waals surface area contributed by atoms with Gasteiger partial charge < -0.3 is 10.2 Å². The molecule has 0 amide bonds. The Balaban J connectivity index is 4.17. The summed E-state index contributed by atoms with van der Waals surface area (Å²) < 4.78 is 0. The Bertz CT molecular complexity index is 129. The van der Waals surface area contributed by atoms with Crippen LogP contribution in [0.4, 0.5) is 0 Å². The fourth-order valence-corrected chi connectivity index (χ4v) is 0.678. The molecule has 10 heavy (non-hydrogen) atoms. The highest BCUT2D eigenvalue weighted by Crippen LogP contribution is 2.09. The number of aliphatic hydroxyl groups excluding tert-OH is 1. The molecule has 0 bridgehead atoms. The summed E-state index contributed by atoms with van der Waals surface area (Å²) in [4.78, 5) is 0. The van der Waals surface area contributed by atoms with Gasteiger partial charge in [0.25, 0.3) is 0 Å². The zero-order valence-corrected chi connectivity index (χ0v) is 7.05. The van der Waals surface area contributed by atoms with E-state index in [1.54, 1.807) is 33.8 Å². The van der Waals surface area contributed by atoms with E-state index in [-0.39, 0.29) is 0 Å². The zero-order valence-electron chi connectivity index (χ0n) is 7.05. The van der Waals surface area contributed by atoms with E-state index < -0.39 is 11.7 Å². The maximum atomic E-state index is 9.25. The molecule has 0 aromatic heterocycles. The third kappa shape index (κ3) is 4.53. The van der Waals surface area contributed by atoms with Crippen LogP contribution in [0.25, 0.3) is 0 Å². The highest BCUT2D eigenvalue weighted by molar-refractivity contribution is 5.09. The van der Waals surface area contributed by atoms with Gasteiger partial charge in [-0.1, -0.05) is 6.08 Å². The van der Waals surface area contributed by atoms with Crippen LogP contribution in [0, 0.1) is 0 Å². The molecule has 0 saturated carbocycles. The van der Waals surface area contributed by atoms with E-state index in [0.29, 0.717) is 0 Å². The van der Waals surface area contributed by atoms with Gasteiger partial charge in [-0.15, -0.1) is 0 Å². The number of hydrogen-bond acceptors (Lipinski definition) is 2. The molecule has 1 atom stereocenters. The van der Waals surface area contributed by atoms with Crippen LogP contribution in [0.2, 0.25) is 0 Å². The number of hydrogen-bond donors (Lipinski definition) is 2. The lowest BCUT2D eigenvalue weighted by Crippen LogP contribution is -2.17. The first kappa shape index (κ1) is 9.66. The summed E-state index contributed by atoms with van der Waals surface area (Å²) in [7, 11) is 0. The van der Waals surface area contributed by atoms with Gasteiger partial charge in [-0.2, -0.15) is 0 Å². The number of aliphatic hydroxyl groups is 2. The van der Waals surface area contributed by atoms with E-state index in [4.69, 9.17) is 5.11 Å². The Morgan fingerprint density at radius 2 is 1.90 bits per heavy atom. The van der Waals surface area contributed by atoms with Gasteiger partial charge in [-0.05, 0) is 33.3 Å². The van der Waals surface area contributed by atoms with Crippen molar-refractivity contribution in [2.24, 2.45) is 0 Å². The maximum absolute atomic E-state index is 9.25. The van der Waals surface area contributed by atoms with E-state index >= 15 is 0 Å². The summed E-state index contributed by atoms with van der Waals surface area (Å²) in [6.45, 7) is 6.83. The number of rotatable bonds is 2. The van der Waals surface area contributed by atoms with Crippen LogP contribution >= 0.6 is 0 Å². The van der Waals surface area contributed by atoms with Crippen molar-refractivity contribution in [3.63, 3.8) is 0 Å². The van der Waals surface area contributed by atoms with Gasteiger partial charge in [-0.25, -0.2) is 0 Å². The lowest BCUT2D eigenvalue weighted by molar-refractivity contribution is 0.129. The molecule has 0 radical (unpaired) electrons. The summed E-state index contributed by atoms with van der Waals surface area (Å²) in [6.07, 6.45) is 1.18. The summed E-state index contributed by atoms with van der Waals surface area (Å²) in [5, 5.41) is 18.3. The molecule has 2 N–H and O–H groups in total. The van der Waals surface area contributed by atoms with Crippen molar-refractivity contribution in [1.29, 1.82) is 0 Å². The van der Waals surface area contributed by atoms with Crippen molar-refractivity contribution in [2.45, 2.75) is 39.4 Å². The second kappa shape index (κ2) is 3.17. The average molecular weight is 144 g/mol. The van der Waals surface area contributed by atoms with E-state index in [1.165, 1.54) is 0 Å². The normalized spacial score (nSPS) is 17.2. The minimum absolute atomic E-state index is 0.466. The Kier molecular flexibility index (Phi) is 3.06. The lowest BCUT2D eigenvalue weighted by atomic mass is 10.0. The Morgan fingerprint density at radius 1 is 1.50 bits per heavy atom. The minimum atomic E-state index is -0.818. The molecule has 2 nitrogen and oxygen atoms in total. The van der Waals surface area contributed by atoms with Gasteiger partial charge in [0.15, 0.2) is 0 Å². The Morgan fingerprint density at radius 3 is 2.00 bits per heavy atom. The topological polar surface area (TPSA) is 40.5 Å². The molecule has 0 rings (SSSR count). The average Bonchev–Trinajstić information content (AvgIpc) is 1.60. The van der Waals surface area contributed by atoms with E-state index in [9.17, 15) is 5.11 Å². The molecule has 0 spiro atoms. The molecule has 0 aromatic rings. The van der Waals surface area contributed by atoms with Crippen molar-refractivity contribution >= 4 is 0 Å². The molecule has 0 saturated heterocycles. The summed E-state index contributed by atoms with van der Waals surface area (Å²) in [5.74, 6) is 0. The fraction of sp³-hybridized carbons (Fsp3) is 0.750. The van der Waals surface area contributed by atoms with Crippen molar-refractivity contribution < 1.29 is 10.2 Å². The second-order valence-corrected chi connectivity index (χ2v) is 3.22. The van der Waals surface area contributed by atoms with Crippen LogP contribution in [-0.4, -0.2) is 21.9 Å². The first-order valence-corrected chi connectivity index (χ1v) is 3.43. The fourth-order valence-electron chi connectivity index (χ4n) is 0.678. The molecule has 0 aromatic carbocycles. The largest absolute Gasteiger partial charge is 0.389 e. The SMILES string of the molecule is CC(=CC(C)(C)O)C(C)O. The first-order chi connectivity index (χ1) is 4.33. The Labute approximate surface area is 62.2 Å². The smallest absolute Gasteiger partial charge is 0.0775 e. The second-order valence-electron chi connectivity index (χ2n) is 3.22. The molecule has 0 aliphatic carbocycles. The third-order valence-electron chi connectivity index (χ3n) is 1.24. The van der Waals surface area contributed by atoms with Gasteiger partial charge in [0.1, 0.15) is 0 Å². The van der Waals surface area contributed by atoms with Crippen molar-refractivity contribution in [3.8, 4) is 0 Å². The van der Waals surface area contributed by atoms with E-state index in [2.05, 4.69) is 0 Å². The zero-order chi connectivity index (χ0) is 8.36. The predicted octanol–water partition coefficient (Wildman–Crippen LogP) is 1.08. The van der Waals surface area contributed by atoms with E-state index in [0.717, 1.165) is 5.57 Å². The van der Waals surface area contributed by atoms with Crippen LogP contribution in [0.1, 0.15) is 27.7 Å². The van der Waals surface area contributed by atoms with Gasteiger partial charge in [0, 0.05) is 0 Å². The highest BCUT2D eigenvalue weighted by Gasteiger charge is 2.09. The van der Waals surface area contributed by atoms with Gasteiger partial charge >= 0.3 is 0 Å². The highest BCUT2D eigenvalue weighted by atomic mass is 16.3. The predicted molar refractivity (Wildman–Crippen MR) is 41.7 cm³/mol. The van der Waals surface area contributed by atoms with Crippen molar-refractivity contribution in [2.75, 3.05) is 0 Å². The molecule has 2 heteroatoms. The van der Waals surface area contributed by atoms with Crippen LogP contribution in [0.15, 0.2) is 11.6 Å². The summed E-state index contributed by atoms with van der Waals surface area (Å²) in [5.41, 5.74) is -0.0198. The minimum Gasteiger partial charge on any atom is -0.389 e. The van der Waals surface area contributed by atoms with E-state index in [1.807, 2.05) is 0 Å². The molecule has 0 aliphatic rings. The molecular weight excluding hydrogens is 128 g/mol. The van der Waals surface area contributed by atoms with Crippen LogP contribution in [0.5, 0.6) is 0 Å². The molecule has 60 valence electrons. The van der Waals surface area contributed by atoms with Gasteiger partial charge in [0.05, 0.1) is 11.7 Å². The summed E-state index contributed by atoms with van der Waals surface area (Å²) in [6, 6.07) is 0. The molecule has 0 fully saturated rings. The third-order valence-corrected chi connectivity index (χ3v) is 1.24. The quantitative estimate of drug-likeness (QED) is 0.569. The monoisotopic (exact) mass is 144 g/mol. The summed E-state index contributed by atoms with van der Waals surface area (Å²) >= 11 is 0. The Hall–Kier alpha value is -0.340. The molecule has 1 unspecified atom stereocenters. The van der Waals surface area contributed by atoms with Crippen LogP contribution < -0.4 is 0 Å². The maximum Gasteiger partial charge on any atom is 0.0775 e. The lowest BCUT2D eigenvalue weighted by Gasteiger charge is -2.14. The first-order valence-electron chi connectivity index (χ1n) is 3.43. The molecular formula is C8H16O2. The molecule has 0 aliphatic heterocycles. The molecule has 0 heterocycles. The van der Waals surface area contributed by atoms with Crippen LogP contribution in [-0.2, 0) is 0 Å².